The molecule has 0 N–H and O–H groups in total. The van der Waals surface area contributed by atoms with Gasteiger partial charge in [0.25, 0.3) is 0 Å². The average molecular weight is 224 g/mol. The van der Waals surface area contributed by atoms with E-state index in [4.69, 9.17) is 10.00 Å². The van der Waals surface area contributed by atoms with Crippen molar-refractivity contribution >= 4 is 5.97 Å². The minimum absolute atomic E-state index is 0.219. The SMILES string of the molecule is N#Cc1cnccc1OC(=O)c1ccccc1. The molecule has 0 spiro atoms. The first-order chi connectivity index (χ1) is 8.31. The van der Waals surface area contributed by atoms with Gasteiger partial charge in [0, 0.05) is 18.5 Å². The Morgan fingerprint density at radius 3 is 2.71 bits per heavy atom. The van der Waals surface area contributed by atoms with Crippen molar-refractivity contribution in [1.29, 1.82) is 5.26 Å². The molecular formula is C13H8N2O2. The van der Waals surface area contributed by atoms with Crippen molar-refractivity contribution in [2.45, 2.75) is 0 Å². The first kappa shape index (κ1) is 10.8. The summed E-state index contributed by atoms with van der Waals surface area (Å²) in [4.78, 5) is 15.5. The second kappa shape index (κ2) is 4.90. The van der Waals surface area contributed by atoms with Crippen molar-refractivity contribution in [3.63, 3.8) is 0 Å². The Labute approximate surface area is 98.1 Å². The summed E-state index contributed by atoms with van der Waals surface area (Å²) in [6.45, 7) is 0. The Bertz CT molecular complexity index is 573. The molecule has 0 saturated heterocycles. The smallest absolute Gasteiger partial charge is 0.343 e. The lowest BCUT2D eigenvalue weighted by atomic mass is 10.2. The number of carbonyl (C=O) groups excluding carboxylic acids is 1. The fourth-order valence-corrected chi connectivity index (χ4v) is 1.29. The molecule has 2 rings (SSSR count). The van der Waals surface area contributed by atoms with E-state index in [1.54, 1.807) is 24.3 Å². The molecule has 0 radical (unpaired) electrons. The molecule has 82 valence electrons. The largest absolute Gasteiger partial charge is 0.421 e. The van der Waals surface area contributed by atoms with Gasteiger partial charge in [0.1, 0.15) is 11.6 Å². The molecule has 1 aromatic heterocycles. The topological polar surface area (TPSA) is 63.0 Å². The number of rotatable bonds is 2. The highest BCUT2D eigenvalue weighted by atomic mass is 16.5. The minimum atomic E-state index is -0.492. The lowest BCUT2D eigenvalue weighted by Gasteiger charge is -2.04. The Kier molecular flexibility index (Phi) is 3.13. The number of pyridine rings is 1. The molecule has 2 aromatic rings. The van der Waals surface area contributed by atoms with Crippen molar-refractivity contribution in [2.24, 2.45) is 0 Å². The highest BCUT2D eigenvalue weighted by Gasteiger charge is 2.10. The predicted molar refractivity (Wildman–Crippen MR) is 60.4 cm³/mol. The summed E-state index contributed by atoms with van der Waals surface area (Å²) in [5.74, 6) is -0.273. The molecule has 0 saturated carbocycles. The van der Waals surface area contributed by atoms with E-state index in [0.29, 0.717) is 5.56 Å². The molecular weight excluding hydrogens is 216 g/mol. The molecule has 1 heterocycles. The maximum atomic E-state index is 11.7. The number of carbonyl (C=O) groups is 1. The van der Waals surface area contributed by atoms with Crippen LogP contribution in [-0.2, 0) is 0 Å². The first-order valence-corrected chi connectivity index (χ1v) is 4.92. The van der Waals surface area contributed by atoms with Gasteiger partial charge in [-0.1, -0.05) is 18.2 Å². The standard InChI is InChI=1S/C13H8N2O2/c14-8-11-9-15-7-6-12(11)17-13(16)10-4-2-1-3-5-10/h1-7,9H. The number of hydrogen-bond acceptors (Lipinski definition) is 4. The molecule has 17 heavy (non-hydrogen) atoms. The molecule has 0 amide bonds. The van der Waals surface area contributed by atoms with Gasteiger partial charge in [-0.05, 0) is 12.1 Å². The van der Waals surface area contributed by atoms with Crippen LogP contribution in [0.2, 0.25) is 0 Å². The Morgan fingerprint density at radius 2 is 2.00 bits per heavy atom. The monoisotopic (exact) mass is 224 g/mol. The lowest BCUT2D eigenvalue weighted by Crippen LogP contribution is -2.09. The molecule has 0 fully saturated rings. The van der Waals surface area contributed by atoms with Gasteiger partial charge in [-0.3, -0.25) is 4.98 Å². The van der Waals surface area contributed by atoms with E-state index in [2.05, 4.69) is 4.98 Å². The third-order valence-electron chi connectivity index (χ3n) is 2.11. The van der Waals surface area contributed by atoms with Gasteiger partial charge in [-0.15, -0.1) is 0 Å². The van der Waals surface area contributed by atoms with E-state index in [1.165, 1.54) is 18.5 Å². The zero-order chi connectivity index (χ0) is 12.1. The second-order valence-electron chi connectivity index (χ2n) is 3.24. The van der Waals surface area contributed by atoms with E-state index >= 15 is 0 Å². The summed E-state index contributed by atoms with van der Waals surface area (Å²) in [6.07, 6.45) is 2.82. The fraction of sp³-hybridized carbons (Fsp3) is 0. The maximum Gasteiger partial charge on any atom is 0.343 e. The van der Waals surface area contributed by atoms with Crippen molar-refractivity contribution in [2.75, 3.05) is 0 Å². The number of hydrogen-bond donors (Lipinski definition) is 0. The van der Waals surface area contributed by atoms with Gasteiger partial charge in [-0.25, -0.2) is 4.79 Å². The van der Waals surface area contributed by atoms with Crippen LogP contribution in [0.1, 0.15) is 15.9 Å². The quantitative estimate of drug-likeness (QED) is 0.733. The van der Waals surface area contributed by atoms with Gasteiger partial charge >= 0.3 is 5.97 Å². The van der Waals surface area contributed by atoms with Crippen LogP contribution in [-0.4, -0.2) is 11.0 Å². The first-order valence-electron chi connectivity index (χ1n) is 4.92. The zero-order valence-corrected chi connectivity index (χ0v) is 8.83. The van der Waals surface area contributed by atoms with Gasteiger partial charge in [0.05, 0.1) is 5.56 Å². The molecule has 4 nitrogen and oxygen atoms in total. The fourth-order valence-electron chi connectivity index (χ4n) is 1.29. The molecule has 1 aromatic carbocycles. The van der Waals surface area contributed by atoms with Gasteiger partial charge in [0.2, 0.25) is 0 Å². The number of nitriles is 1. The summed E-state index contributed by atoms with van der Waals surface area (Å²) >= 11 is 0. The van der Waals surface area contributed by atoms with Crippen LogP contribution in [0.25, 0.3) is 0 Å². The molecule has 0 atom stereocenters. The van der Waals surface area contributed by atoms with Gasteiger partial charge < -0.3 is 4.74 Å². The number of ether oxygens (including phenoxy) is 1. The summed E-state index contributed by atoms with van der Waals surface area (Å²) in [5, 5.41) is 8.82. The van der Waals surface area contributed by atoms with Crippen LogP contribution < -0.4 is 4.74 Å². The van der Waals surface area contributed by atoms with Crippen LogP contribution in [0.3, 0.4) is 0 Å². The van der Waals surface area contributed by atoms with Crippen molar-refractivity contribution < 1.29 is 9.53 Å². The number of nitrogens with zero attached hydrogens (tertiary/aromatic N) is 2. The van der Waals surface area contributed by atoms with Crippen LogP contribution in [0, 0.1) is 11.3 Å². The van der Waals surface area contributed by atoms with E-state index in [0.717, 1.165) is 0 Å². The molecule has 0 bridgehead atoms. The van der Waals surface area contributed by atoms with E-state index in [1.807, 2.05) is 12.1 Å². The second-order valence-corrected chi connectivity index (χ2v) is 3.24. The molecule has 0 aliphatic heterocycles. The third kappa shape index (κ3) is 2.47. The third-order valence-corrected chi connectivity index (χ3v) is 2.11. The predicted octanol–water partition coefficient (Wildman–Crippen LogP) is 2.17. The highest BCUT2D eigenvalue weighted by Crippen LogP contribution is 2.16. The summed E-state index contributed by atoms with van der Waals surface area (Å²) in [7, 11) is 0. The average Bonchev–Trinajstić information content (AvgIpc) is 2.40. The summed E-state index contributed by atoms with van der Waals surface area (Å²) in [5.41, 5.74) is 0.671. The lowest BCUT2D eigenvalue weighted by molar-refractivity contribution is 0.0734. The van der Waals surface area contributed by atoms with Gasteiger partial charge in [0.15, 0.2) is 5.75 Å². The van der Waals surface area contributed by atoms with Crippen LogP contribution >= 0.6 is 0 Å². The van der Waals surface area contributed by atoms with Gasteiger partial charge in [-0.2, -0.15) is 5.26 Å². The van der Waals surface area contributed by atoms with E-state index < -0.39 is 5.97 Å². The van der Waals surface area contributed by atoms with Crippen molar-refractivity contribution in [1.82, 2.24) is 4.98 Å². The van der Waals surface area contributed by atoms with Crippen molar-refractivity contribution in [3.05, 3.63) is 59.9 Å². The summed E-state index contributed by atoms with van der Waals surface area (Å²) in [6, 6.07) is 12.0. The number of benzene rings is 1. The molecule has 0 aliphatic carbocycles. The Morgan fingerprint density at radius 1 is 1.24 bits per heavy atom. The van der Waals surface area contributed by atoms with Crippen LogP contribution in [0.4, 0.5) is 0 Å². The Hall–Kier alpha value is -2.67. The molecule has 4 heteroatoms. The molecule has 0 aliphatic rings. The van der Waals surface area contributed by atoms with Crippen LogP contribution in [0.15, 0.2) is 48.8 Å². The molecule has 0 unspecified atom stereocenters. The normalized spacial score (nSPS) is 9.35. The van der Waals surface area contributed by atoms with Crippen molar-refractivity contribution in [3.8, 4) is 11.8 Å². The van der Waals surface area contributed by atoms with Crippen LogP contribution in [0.5, 0.6) is 5.75 Å². The van der Waals surface area contributed by atoms with E-state index in [-0.39, 0.29) is 11.3 Å². The number of aromatic nitrogens is 1. The number of esters is 1. The highest BCUT2D eigenvalue weighted by molar-refractivity contribution is 5.91. The zero-order valence-electron chi connectivity index (χ0n) is 8.83. The summed E-state index contributed by atoms with van der Waals surface area (Å²) < 4.78 is 5.12. The van der Waals surface area contributed by atoms with E-state index in [9.17, 15) is 4.79 Å². The minimum Gasteiger partial charge on any atom is -0.421 e. The Balaban J connectivity index is 2.23. The maximum absolute atomic E-state index is 11.7.